The highest BCUT2D eigenvalue weighted by Crippen LogP contribution is 2.22. The molecule has 2 N–H and O–H groups in total. The van der Waals surface area contributed by atoms with E-state index in [1.165, 1.54) is 6.21 Å². The number of hydrogen-bond donors (Lipinski definition) is 2. The Balaban J connectivity index is 2.35. The maximum Gasteiger partial charge on any atom is 0.332 e. The third-order valence-corrected chi connectivity index (χ3v) is 2.49. The SMILES string of the molecule is O=C(O)CONC(=O)CO/N=C/c1c(Cl)cccc1Cl. The van der Waals surface area contributed by atoms with Crippen LogP contribution in [0.5, 0.6) is 0 Å². The number of nitrogens with one attached hydrogen (secondary N) is 1. The van der Waals surface area contributed by atoms with Crippen LogP contribution in [0.4, 0.5) is 0 Å². The van der Waals surface area contributed by atoms with Crippen molar-refractivity contribution in [2.24, 2.45) is 5.16 Å². The van der Waals surface area contributed by atoms with Crippen LogP contribution in [0.15, 0.2) is 23.4 Å². The standard InChI is InChI=1S/C11H10Cl2N2O5/c12-8-2-1-3-9(13)7(8)4-14-19-5-10(16)15-20-6-11(17)18/h1-4H,5-6H2,(H,15,16)(H,17,18)/b14-4+. The molecule has 1 aromatic carbocycles. The van der Waals surface area contributed by atoms with Crippen LogP contribution in [0.1, 0.15) is 5.56 Å². The number of halogens is 2. The number of carbonyl (C=O) groups is 2. The predicted octanol–water partition coefficient (Wildman–Crippen LogP) is 1.48. The van der Waals surface area contributed by atoms with Crippen LogP contribution in [0, 0.1) is 0 Å². The number of oxime groups is 1. The van der Waals surface area contributed by atoms with Crippen molar-refractivity contribution in [3.05, 3.63) is 33.8 Å². The largest absolute Gasteiger partial charge is 0.479 e. The molecule has 1 rings (SSSR count). The number of amides is 1. The summed E-state index contributed by atoms with van der Waals surface area (Å²) < 4.78 is 0. The first-order valence-electron chi connectivity index (χ1n) is 5.22. The molecule has 0 aromatic heterocycles. The van der Waals surface area contributed by atoms with Gasteiger partial charge in [-0.1, -0.05) is 34.4 Å². The Morgan fingerprint density at radius 3 is 2.55 bits per heavy atom. The van der Waals surface area contributed by atoms with E-state index in [0.29, 0.717) is 15.6 Å². The Labute approximate surface area is 124 Å². The summed E-state index contributed by atoms with van der Waals surface area (Å²) in [5, 5.41) is 12.6. The van der Waals surface area contributed by atoms with Gasteiger partial charge >= 0.3 is 5.97 Å². The Morgan fingerprint density at radius 1 is 1.30 bits per heavy atom. The van der Waals surface area contributed by atoms with Gasteiger partial charge < -0.3 is 9.94 Å². The molecule has 1 amide bonds. The fraction of sp³-hybridized carbons (Fsp3) is 0.182. The van der Waals surface area contributed by atoms with E-state index in [9.17, 15) is 9.59 Å². The third kappa shape index (κ3) is 5.87. The first-order valence-corrected chi connectivity index (χ1v) is 5.98. The number of carboxylic acids is 1. The normalized spacial score (nSPS) is 10.5. The molecule has 0 fully saturated rings. The molecule has 0 spiro atoms. The number of carboxylic acid groups (broad SMARTS) is 1. The summed E-state index contributed by atoms with van der Waals surface area (Å²) >= 11 is 11.8. The number of carbonyl (C=O) groups excluding carboxylic acids is 1. The van der Waals surface area contributed by atoms with E-state index >= 15 is 0 Å². The highest BCUT2D eigenvalue weighted by molar-refractivity contribution is 6.38. The topological polar surface area (TPSA) is 97.2 Å². The number of benzene rings is 1. The Morgan fingerprint density at radius 2 is 1.95 bits per heavy atom. The quantitative estimate of drug-likeness (QED) is 0.585. The maximum absolute atomic E-state index is 11.1. The van der Waals surface area contributed by atoms with E-state index in [4.69, 9.17) is 28.3 Å². The smallest absolute Gasteiger partial charge is 0.332 e. The lowest BCUT2D eigenvalue weighted by Gasteiger charge is -2.03. The zero-order valence-corrected chi connectivity index (χ0v) is 11.5. The molecule has 0 atom stereocenters. The number of aliphatic carboxylic acids is 1. The summed E-state index contributed by atoms with van der Waals surface area (Å²) in [7, 11) is 0. The minimum Gasteiger partial charge on any atom is -0.479 e. The second-order valence-electron chi connectivity index (χ2n) is 3.35. The summed E-state index contributed by atoms with van der Waals surface area (Å²) in [5.41, 5.74) is 2.32. The fourth-order valence-corrected chi connectivity index (χ4v) is 1.52. The zero-order valence-electron chi connectivity index (χ0n) is 10.0. The summed E-state index contributed by atoms with van der Waals surface area (Å²) in [6.07, 6.45) is 1.26. The van der Waals surface area contributed by atoms with Crippen molar-refractivity contribution < 1.29 is 24.4 Å². The van der Waals surface area contributed by atoms with Crippen LogP contribution in [0.2, 0.25) is 10.0 Å². The van der Waals surface area contributed by atoms with Crippen molar-refractivity contribution in [1.82, 2.24) is 5.48 Å². The summed E-state index contributed by atoms with van der Waals surface area (Å²) in [5.74, 6) is -1.90. The van der Waals surface area contributed by atoms with Gasteiger partial charge in [0.15, 0.2) is 13.2 Å². The lowest BCUT2D eigenvalue weighted by atomic mass is 10.2. The van der Waals surface area contributed by atoms with Gasteiger partial charge in [-0.3, -0.25) is 9.63 Å². The molecule has 20 heavy (non-hydrogen) atoms. The van der Waals surface area contributed by atoms with Gasteiger partial charge in [-0.05, 0) is 12.1 Å². The highest BCUT2D eigenvalue weighted by Gasteiger charge is 2.04. The first-order chi connectivity index (χ1) is 9.50. The monoisotopic (exact) mass is 320 g/mol. The average Bonchev–Trinajstić information content (AvgIpc) is 2.37. The molecular formula is C11H10Cl2N2O5. The van der Waals surface area contributed by atoms with Crippen molar-refractivity contribution in [3.63, 3.8) is 0 Å². The summed E-state index contributed by atoms with van der Waals surface area (Å²) in [6.45, 7) is -1.09. The van der Waals surface area contributed by atoms with Crippen molar-refractivity contribution in [3.8, 4) is 0 Å². The third-order valence-electron chi connectivity index (χ3n) is 1.83. The van der Waals surface area contributed by atoms with E-state index < -0.39 is 25.1 Å². The maximum atomic E-state index is 11.1. The molecule has 0 bridgehead atoms. The van der Waals surface area contributed by atoms with Gasteiger partial charge in [0.1, 0.15) is 0 Å². The van der Waals surface area contributed by atoms with Crippen LogP contribution in [0.25, 0.3) is 0 Å². The molecule has 0 unspecified atom stereocenters. The molecule has 9 heteroatoms. The number of nitrogens with zero attached hydrogens (tertiary/aromatic N) is 1. The zero-order chi connectivity index (χ0) is 15.0. The van der Waals surface area contributed by atoms with Crippen molar-refractivity contribution in [1.29, 1.82) is 0 Å². The van der Waals surface area contributed by atoms with E-state index in [1.54, 1.807) is 18.2 Å². The molecule has 0 aliphatic heterocycles. The molecule has 0 radical (unpaired) electrons. The van der Waals surface area contributed by atoms with E-state index in [0.717, 1.165) is 0 Å². The second-order valence-corrected chi connectivity index (χ2v) is 4.17. The average molecular weight is 321 g/mol. The number of rotatable bonds is 7. The molecule has 108 valence electrons. The number of hydroxylamine groups is 1. The van der Waals surface area contributed by atoms with Crippen LogP contribution in [-0.4, -0.2) is 36.4 Å². The van der Waals surface area contributed by atoms with Gasteiger partial charge in [-0.2, -0.15) is 0 Å². The first kappa shape index (κ1) is 16.2. The van der Waals surface area contributed by atoms with Crippen LogP contribution in [0.3, 0.4) is 0 Å². The molecule has 0 heterocycles. The molecular weight excluding hydrogens is 311 g/mol. The summed E-state index contributed by atoms with van der Waals surface area (Å²) in [6, 6.07) is 4.93. The lowest BCUT2D eigenvalue weighted by molar-refractivity contribution is -0.150. The number of hydrogen-bond acceptors (Lipinski definition) is 5. The van der Waals surface area contributed by atoms with Gasteiger partial charge in [0.2, 0.25) is 0 Å². The van der Waals surface area contributed by atoms with Crippen molar-refractivity contribution in [2.45, 2.75) is 0 Å². The molecule has 0 saturated carbocycles. The van der Waals surface area contributed by atoms with Gasteiger partial charge in [-0.25, -0.2) is 10.3 Å². The minimum absolute atomic E-state index is 0.388. The van der Waals surface area contributed by atoms with Gasteiger partial charge in [0.05, 0.1) is 16.3 Å². The van der Waals surface area contributed by atoms with E-state index in [-0.39, 0.29) is 0 Å². The van der Waals surface area contributed by atoms with Crippen LogP contribution < -0.4 is 5.48 Å². The van der Waals surface area contributed by atoms with Gasteiger partial charge in [0, 0.05) is 5.56 Å². The molecule has 0 saturated heterocycles. The van der Waals surface area contributed by atoms with E-state index in [1.807, 2.05) is 5.48 Å². The molecule has 0 aliphatic carbocycles. The Kier molecular flexibility index (Phi) is 6.78. The fourth-order valence-electron chi connectivity index (χ4n) is 1.03. The Bertz CT molecular complexity index is 501. The van der Waals surface area contributed by atoms with Crippen LogP contribution in [-0.2, 0) is 19.3 Å². The molecule has 1 aromatic rings. The predicted molar refractivity (Wildman–Crippen MR) is 71.7 cm³/mol. The van der Waals surface area contributed by atoms with E-state index in [2.05, 4.69) is 14.8 Å². The lowest BCUT2D eigenvalue weighted by Crippen LogP contribution is -2.29. The second kappa shape index (κ2) is 8.36. The van der Waals surface area contributed by atoms with Gasteiger partial charge in [0.25, 0.3) is 5.91 Å². The summed E-state index contributed by atoms with van der Waals surface area (Å²) in [4.78, 5) is 30.2. The minimum atomic E-state index is -1.21. The van der Waals surface area contributed by atoms with Crippen molar-refractivity contribution >= 4 is 41.3 Å². The molecule has 7 nitrogen and oxygen atoms in total. The van der Waals surface area contributed by atoms with Crippen molar-refractivity contribution in [2.75, 3.05) is 13.2 Å². The Hall–Kier alpha value is -1.83. The highest BCUT2D eigenvalue weighted by atomic mass is 35.5. The molecule has 0 aliphatic rings. The van der Waals surface area contributed by atoms with Crippen LogP contribution >= 0.6 is 23.2 Å². The van der Waals surface area contributed by atoms with Gasteiger partial charge in [-0.15, -0.1) is 0 Å².